The van der Waals surface area contributed by atoms with Gasteiger partial charge in [-0.2, -0.15) is 0 Å². The van der Waals surface area contributed by atoms with E-state index >= 15 is 0 Å². The summed E-state index contributed by atoms with van der Waals surface area (Å²) in [4.78, 5) is 10.2. The van der Waals surface area contributed by atoms with Gasteiger partial charge in [0, 0.05) is 18.0 Å². The molecule has 1 unspecified atom stereocenters. The summed E-state index contributed by atoms with van der Waals surface area (Å²) in [5.41, 5.74) is 0.122. The van der Waals surface area contributed by atoms with Crippen LogP contribution in [0.1, 0.15) is 27.7 Å². The Morgan fingerprint density at radius 1 is 1.50 bits per heavy atom. The van der Waals surface area contributed by atoms with Crippen molar-refractivity contribution in [3.8, 4) is 0 Å². The van der Waals surface area contributed by atoms with E-state index in [9.17, 15) is 4.79 Å². The van der Waals surface area contributed by atoms with Crippen LogP contribution in [0.25, 0.3) is 0 Å². The third kappa shape index (κ3) is 5.76. The second-order valence-corrected chi connectivity index (χ2v) is 3.74. The molecule has 0 saturated carbocycles. The van der Waals surface area contributed by atoms with Crippen molar-refractivity contribution < 1.29 is 4.79 Å². The summed E-state index contributed by atoms with van der Waals surface area (Å²) < 4.78 is 0. The van der Waals surface area contributed by atoms with Gasteiger partial charge in [-0.05, 0) is 20.8 Å². The van der Waals surface area contributed by atoms with Crippen molar-refractivity contribution in [3.05, 3.63) is 0 Å². The van der Waals surface area contributed by atoms with Crippen molar-refractivity contribution in [2.24, 2.45) is 5.92 Å². The number of carbonyl (C=O) groups excluding carboxylic acids is 1. The average Bonchev–Trinajstić information content (AvgIpc) is 1.81. The molecule has 0 radical (unpaired) electrons. The minimum Gasteiger partial charge on any atom is -0.311 e. The Morgan fingerprint density at radius 3 is 2.30 bits per heavy atom. The highest BCUT2D eigenvalue weighted by Gasteiger charge is 2.09. The molecule has 0 saturated heterocycles. The maximum Gasteiger partial charge on any atom is 0.124 e. The van der Waals surface area contributed by atoms with E-state index in [0.29, 0.717) is 0 Å². The maximum absolute atomic E-state index is 10.2. The SMILES string of the molecule is CC(C=O)CNC(C)(C)C. The van der Waals surface area contributed by atoms with E-state index in [4.69, 9.17) is 0 Å². The summed E-state index contributed by atoms with van der Waals surface area (Å²) in [5.74, 6) is 0.124. The highest BCUT2D eigenvalue weighted by molar-refractivity contribution is 5.52. The average molecular weight is 143 g/mol. The number of rotatable bonds is 3. The quantitative estimate of drug-likeness (QED) is 0.602. The first kappa shape index (κ1) is 9.63. The maximum atomic E-state index is 10.2. The predicted octanol–water partition coefficient (Wildman–Crippen LogP) is 1.21. The Morgan fingerprint density at radius 2 is 2.00 bits per heavy atom. The van der Waals surface area contributed by atoms with Crippen LogP contribution in [0.5, 0.6) is 0 Å². The van der Waals surface area contributed by atoms with Gasteiger partial charge < -0.3 is 10.1 Å². The zero-order valence-electron chi connectivity index (χ0n) is 7.27. The molecule has 0 aromatic rings. The van der Waals surface area contributed by atoms with Crippen LogP contribution in [-0.2, 0) is 4.79 Å². The van der Waals surface area contributed by atoms with Crippen molar-refractivity contribution >= 4 is 6.29 Å². The van der Waals surface area contributed by atoms with Gasteiger partial charge in [0.15, 0.2) is 0 Å². The van der Waals surface area contributed by atoms with E-state index in [0.717, 1.165) is 12.8 Å². The second kappa shape index (κ2) is 3.71. The van der Waals surface area contributed by atoms with Crippen LogP contribution in [0.15, 0.2) is 0 Å². The van der Waals surface area contributed by atoms with Gasteiger partial charge in [-0.3, -0.25) is 0 Å². The van der Waals surface area contributed by atoms with Gasteiger partial charge >= 0.3 is 0 Å². The van der Waals surface area contributed by atoms with Crippen LogP contribution in [0.2, 0.25) is 0 Å². The number of aldehydes is 1. The molecule has 0 aromatic carbocycles. The molecule has 0 aliphatic rings. The van der Waals surface area contributed by atoms with Crippen LogP contribution in [-0.4, -0.2) is 18.4 Å². The van der Waals surface area contributed by atoms with Gasteiger partial charge in [-0.25, -0.2) is 0 Å². The van der Waals surface area contributed by atoms with Gasteiger partial charge in [-0.1, -0.05) is 6.92 Å². The molecule has 0 fully saturated rings. The predicted molar refractivity (Wildman–Crippen MR) is 43.0 cm³/mol. The van der Waals surface area contributed by atoms with Crippen LogP contribution < -0.4 is 5.32 Å². The molecule has 1 atom stereocenters. The Hall–Kier alpha value is -0.370. The largest absolute Gasteiger partial charge is 0.311 e. The lowest BCUT2D eigenvalue weighted by Crippen LogP contribution is -2.38. The zero-order chi connectivity index (χ0) is 8.20. The van der Waals surface area contributed by atoms with Crippen LogP contribution in [0, 0.1) is 5.92 Å². The molecule has 0 rings (SSSR count). The lowest BCUT2D eigenvalue weighted by Gasteiger charge is -2.21. The minimum atomic E-state index is 0.122. The van der Waals surface area contributed by atoms with E-state index < -0.39 is 0 Å². The summed E-state index contributed by atoms with van der Waals surface area (Å²) in [6.07, 6.45) is 0.971. The molecule has 0 aliphatic heterocycles. The molecule has 0 heterocycles. The topological polar surface area (TPSA) is 29.1 Å². The molecule has 1 N–H and O–H groups in total. The van der Waals surface area contributed by atoms with Gasteiger partial charge in [0.05, 0.1) is 0 Å². The summed E-state index contributed by atoms with van der Waals surface area (Å²) >= 11 is 0. The Labute approximate surface area is 63.0 Å². The lowest BCUT2D eigenvalue weighted by molar-refractivity contribution is -0.110. The van der Waals surface area contributed by atoms with Gasteiger partial charge in [0.25, 0.3) is 0 Å². The van der Waals surface area contributed by atoms with E-state index in [1.807, 2.05) is 6.92 Å². The van der Waals surface area contributed by atoms with Crippen LogP contribution >= 0.6 is 0 Å². The molecule has 0 bridgehead atoms. The van der Waals surface area contributed by atoms with Gasteiger partial charge in [0.2, 0.25) is 0 Å². The normalized spacial score (nSPS) is 14.8. The molecular weight excluding hydrogens is 126 g/mol. The summed E-state index contributed by atoms with van der Waals surface area (Å²) in [6, 6.07) is 0. The fourth-order valence-electron chi connectivity index (χ4n) is 0.515. The minimum absolute atomic E-state index is 0.122. The van der Waals surface area contributed by atoms with Gasteiger partial charge in [-0.15, -0.1) is 0 Å². The first-order chi connectivity index (χ1) is 4.45. The fraction of sp³-hybridized carbons (Fsp3) is 0.875. The van der Waals surface area contributed by atoms with Crippen molar-refractivity contribution in [2.75, 3.05) is 6.54 Å². The molecule has 0 aliphatic carbocycles. The molecule has 2 nitrogen and oxygen atoms in total. The van der Waals surface area contributed by atoms with Crippen molar-refractivity contribution in [1.29, 1.82) is 0 Å². The third-order valence-electron chi connectivity index (χ3n) is 1.19. The molecule has 10 heavy (non-hydrogen) atoms. The molecule has 0 spiro atoms. The molecule has 0 amide bonds. The smallest absolute Gasteiger partial charge is 0.124 e. The van der Waals surface area contributed by atoms with Gasteiger partial charge in [0.1, 0.15) is 6.29 Å². The monoisotopic (exact) mass is 143 g/mol. The molecular formula is C8H17NO. The third-order valence-corrected chi connectivity index (χ3v) is 1.19. The Kier molecular flexibility index (Phi) is 3.58. The first-order valence-electron chi connectivity index (χ1n) is 3.66. The lowest BCUT2D eigenvalue weighted by atomic mass is 10.1. The highest BCUT2D eigenvalue weighted by Crippen LogP contribution is 1.99. The first-order valence-corrected chi connectivity index (χ1v) is 3.66. The summed E-state index contributed by atoms with van der Waals surface area (Å²) in [6.45, 7) is 8.94. The molecule has 2 heteroatoms. The standard InChI is InChI=1S/C8H17NO/c1-7(6-10)5-9-8(2,3)4/h6-7,9H,5H2,1-4H3. The van der Waals surface area contributed by atoms with Crippen molar-refractivity contribution in [2.45, 2.75) is 33.2 Å². The van der Waals surface area contributed by atoms with Crippen molar-refractivity contribution in [3.63, 3.8) is 0 Å². The summed E-state index contributed by atoms with van der Waals surface area (Å²) in [5, 5.41) is 3.24. The summed E-state index contributed by atoms with van der Waals surface area (Å²) in [7, 11) is 0. The number of nitrogens with one attached hydrogen (secondary N) is 1. The Balaban J connectivity index is 3.45. The van der Waals surface area contributed by atoms with E-state index in [2.05, 4.69) is 26.1 Å². The van der Waals surface area contributed by atoms with Crippen LogP contribution in [0.4, 0.5) is 0 Å². The zero-order valence-corrected chi connectivity index (χ0v) is 7.27. The van der Waals surface area contributed by atoms with E-state index in [1.165, 1.54) is 0 Å². The highest BCUT2D eigenvalue weighted by atomic mass is 16.1. The van der Waals surface area contributed by atoms with E-state index in [-0.39, 0.29) is 11.5 Å². The van der Waals surface area contributed by atoms with Crippen LogP contribution in [0.3, 0.4) is 0 Å². The number of hydrogen-bond donors (Lipinski definition) is 1. The number of carbonyl (C=O) groups is 1. The van der Waals surface area contributed by atoms with Crippen molar-refractivity contribution in [1.82, 2.24) is 5.32 Å². The fourth-order valence-corrected chi connectivity index (χ4v) is 0.515. The molecule has 0 aromatic heterocycles. The molecule has 60 valence electrons. The second-order valence-electron chi connectivity index (χ2n) is 3.74. The van der Waals surface area contributed by atoms with E-state index in [1.54, 1.807) is 0 Å². The Bertz CT molecular complexity index is 104. The number of hydrogen-bond acceptors (Lipinski definition) is 2.